The molecular formula is C15H14N2O2. The van der Waals surface area contributed by atoms with E-state index in [2.05, 4.69) is 9.97 Å². The standard InChI is InChI=1S/C15H14N2O2/c1-11-10-14(18)19-15(11,12-6-2-4-8-16-12)13-7-3-5-9-17-13/h2-9,11H,10H2,1H3. The van der Waals surface area contributed by atoms with E-state index in [1.807, 2.05) is 43.3 Å². The van der Waals surface area contributed by atoms with Crippen LogP contribution < -0.4 is 0 Å². The summed E-state index contributed by atoms with van der Waals surface area (Å²) < 4.78 is 5.67. The molecule has 1 unspecified atom stereocenters. The van der Waals surface area contributed by atoms with Crippen LogP contribution in [-0.2, 0) is 15.1 Å². The van der Waals surface area contributed by atoms with E-state index in [0.717, 1.165) is 11.4 Å². The van der Waals surface area contributed by atoms with Crippen molar-refractivity contribution in [2.45, 2.75) is 18.9 Å². The maximum atomic E-state index is 11.7. The minimum absolute atomic E-state index is 0.00444. The van der Waals surface area contributed by atoms with Gasteiger partial charge in [-0.15, -0.1) is 0 Å². The summed E-state index contributed by atoms with van der Waals surface area (Å²) in [6.07, 6.45) is 3.80. The predicted molar refractivity (Wildman–Crippen MR) is 69.1 cm³/mol. The number of aromatic nitrogens is 2. The summed E-state index contributed by atoms with van der Waals surface area (Å²) in [5, 5.41) is 0. The smallest absolute Gasteiger partial charge is 0.307 e. The summed E-state index contributed by atoms with van der Waals surface area (Å²) in [6.45, 7) is 1.99. The molecule has 0 radical (unpaired) electrons. The van der Waals surface area contributed by atoms with Crippen LogP contribution in [0.2, 0.25) is 0 Å². The van der Waals surface area contributed by atoms with Crippen LogP contribution in [0.5, 0.6) is 0 Å². The molecule has 0 aliphatic carbocycles. The number of cyclic esters (lactones) is 1. The lowest BCUT2D eigenvalue weighted by Crippen LogP contribution is -2.34. The number of rotatable bonds is 2. The Balaban J connectivity index is 2.20. The number of ether oxygens (including phenoxy) is 1. The fourth-order valence-corrected chi connectivity index (χ4v) is 2.62. The lowest BCUT2D eigenvalue weighted by atomic mass is 9.82. The van der Waals surface area contributed by atoms with Crippen LogP contribution in [0, 0.1) is 5.92 Å². The summed E-state index contributed by atoms with van der Waals surface area (Å²) in [5.41, 5.74) is 0.596. The molecule has 19 heavy (non-hydrogen) atoms. The maximum absolute atomic E-state index is 11.7. The van der Waals surface area contributed by atoms with Gasteiger partial charge in [0.2, 0.25) is 0 Å². The van der Waals surface area contributed by atoms with E-state index in [1.165, 1.54) is 0 Å². The highest BCUT2D eigenvalue weighted by Crippen LogP contribution is 2.45. The molecule has 0 amide bonds. The second-order valence-corrected chi connectivity index (χ2v) is 4.74. The first-order valence-corrected chi connectivity index (χ1v) is 6.28. The lowest BCUT2D eigenvalue weighted by Gasteiger charge is -2.30. The average Bonchev–Trinajstić information content (AvgIpc) is 2.76. The first kappa shape index (κ1) is 11.8. The molecule has 4 nitrogen and oxygen atoms in total. The minimum atomic E-state index is -0.862. The largest absolute Gasteiger partial charge is 0.446 e. The Kier molecular flexibility index (Phi) is 2.78. The third-order valence-electron chi connectivity index (χ3n) is 3.53. The van der Waals surface area contributed by atoms with E-state index in [1.54, 1.807) is 12.4 Å². The van der Waals surface area contributed by atoms with Gasteiger partial charge < -0.3 is 4.74 Å². The molecule has 1 fully saturated rings. The van der Waals surface area contributed by atoms with Gasteiger partial charge in [0.15, 0.2) is 5.60 Å². The summed E-state index contributed by atoms with van der Waals surface area (Å²) in [4.78, 5) is 20.5. The molecule has 0 saturated carbocycles. The van der Waals surface area contributed by atoms with Gasteiger partial charge in [0, 0.05) is 18.3 Å². The maximum Gasteiger partial charge on any atom is 0.307 e. The van der Waals surface area contributed by atoms with E-state index in [0.29, 0.717) is 6.42 Å². The number of pyridine rings is 2. The van der Waals surface area contributed by atoms with Gasteiger partial charge in [-0.2, -0.15) is 0 Å². The van der Waals surface area contributed by atoms with Gasteiger partial charge >= 0.3 is 5.97 Å². The highest BCUT2D eigenvalue weighted by atomic mass is 16.6. The van der Waals surface area contributed by atoms with Crippen molar-refractivity contribution in [2.24, 2.45) is 5.92 Å². The molecule has 0 spiro atoms. The van der Waals surface area contributed by atoms with Crippen molar-refractivity contribution in [3.63, 3.8) is 0 Å². The summed E-state index contributed by atoms with van der Waals surface area (Å²) in [5.74, 6) is -0.200. The second-order valence-electron chi connectivity index (χ2n) is 4.74. The highest BCUT2D eigenvalue weighted by Gasteiger charge is 2.51. The predicted octanol–water partition coefficient (Wildman–Crippen LogP) is 2.30. The quantitative estimate of drug-likeness (QED) is 0.772. The van der Waals surface area contributed by atoms with Crippen molar-refractivity contribution in [1.82, 2.24) is 9.97 Å². The fourth-order valence-electron chi connectivity index (χ4n) is 2.62. The Labute approximate surface area is 111 Å². The normalized spacial score (nSPS) is 21.1. The Morgan fingerprint density at radius 2 is 1.68 bits per heavy atom. The van der Waals surface area contributed by atoms with Crippen molar-refractivity contribution >= 4 is 5.97 Å². The molecule has 0 aromatic carbocycles. The van der Waals surface area contributed by atoms with E-state index < -0.39 is 5.60 Å². The first-order valence-electron chi connectivity index (χ1n) is 6.28. The van der Waals surface area contributed by atoms with Crippen LogP contribution in [-0.4, -0.2) is 15.9 Å². The van der Waals surface area contributed by atoms with E-state index >= 15 is 0 Å². The Hall–Kier alpha value is -2.23. The van der Waals surface area contributed by atoms with Gasteiger partial charge in [0.1, 0.15) is 0 Å². The monoisotopic (exact) mass is 254 g/mol. The van der Waals surface area contributed by atoms with Crippen molar-refractivity contribution in [1.29, 1.82) is 0 Å². The Morgan fingerprint density at radius 1 is 1.11 bits per heavy atom. The van der Waals surface area contributed by atoms with Gasteiger partial charge in [0.25, 0.3) is 0 Å². The van der Waals surface area contributed by atoms with Crippen LogP contribution in [0.4, 0.5) is 0 Å². The Bertz CT molecular complexity index is 544. The molecule has 1 aliphatic rings. The van der Waals surface area contributed by atoms with Gasteiger partial charge in [-0.1, -0.05) is 19.1 Å². The van der Waals surface area contributed by atoms with Crippen LogP contribution in [0.3, 0.4) is 0 Å². The molecule has 4 heteroatoms. The molecule has 1 saturated heterocycles. The van der Waals surface area contributed by atoms with E-state index in [4.69, 9.17) is 4.74 Å². The van der Waals surface area contributed by atoms with Crippen LogP contribution in [0.1, 0.15) is 24.7 Å². The average molecular weight is 254 g/mol. The van der Waals surface area contributed by atoms with Crippen molar-refractivity contribution < 1.29 is 9.53 Å². The molecule has 0 N–H and O–H groups in total. The molecule has 2 aromatic heterocycles. The minimum Gasteiger partial charge on any atom is -0.446 e. The van der Waals surface area contributed by atoms with Crippen molar-refractivity contribution in [3.8, 4) is 0 Å². The van der Waals surface area contributed by atoms with Crippen LogP contribution in [0.25, 0.3) is 0 Å². The zero-order valence-electron chi connectivity index (χ0n) is 10.6. The molecule has 3 rings (SSSR count). The van der Waals surface area contributed by atoms with Gasteiger partial charge in [-0.3, -0.25) is 14.8 Å². The first-order chi connectivity index (χ1) is 9.23. The molecule has 1 aliphatic heterocycles. The van der Waals surface area contributed by atoms with Crippen LogP contribution >= 0.6 is 0 Å². The van der Waals surface area contributed by atoms with E-state index in [-0.39, 0.29) is 11.9 Å². The number of carbonyl (C=O) groups is 1. The van der Waals surface area contributed by atoms with Crippen molar-refractivity contribution in [2.75, 3.05) is 0 Å². The Morgan fingerprint density at radius 3 is 2.05 bits per heavy atom. The number of esters is 1. The number of hydrogen-bond donors (Lipinski definition) is 0. The molecule has 1 atom stereocenters. The van der Waals surface area contributed by atoms with Gasteiger partial charge in [0.05, 0.1) is 17.8 Å². The molecular weight excluding hydrogens is 240 g/mol. The highest BCUT2D eigenvalue weighted by molar-refractivity contribution is 5.74. The molecule has 3 heterocycles. The molecule has 0 bridgehead atoms. The van der Waals surface area contributed by atoms with Gasteiger partial charge in [-0.25, -0.2) is 0 Å². The third-order valence-corrected chi connectivity index (χ3v) is 3.53. The number of carbonyl (C=O) groups excluding carboxylic acids is 1. The number of nitrogens with zero attached hydrogens (tertiary/aromatic N) is 2. The zero-order valence-corrected chi connectivity index (χ0v) is 10.6. The van der Waals surface area contributed by atoms with Crippen LogP contribution in [0.15, 0.2) is 48.8 Å². The lowest BCUT2D eigenvalue weighted by molar-refractivity contribution is -0.147. The fraction of sp³-hybridized carbons (Fsp3) is 0.267. The summed E-state index contributed by atoms with van der Waals surface area (Å²) >= 11 is 0. The second kappa shape index (κ2) is 4.46. The zero-order chi connectivity index (χ0) is 13.3. The summed E-state index contributed by atoms with van der Waals surface area (Å²) in [6, 6.07) is 11.2. The molecule has 96 valence electrons. The van der Waals surface area contributed by atoms with Crippen molar-refractivity contribution in [3.05, 3.63) is 60.2 Å². The number of hydrogen-bond acceptors (Lipinski definition) is 4. The third kappa shape index (κ3) is 1.80. The topological polar surface area (TPSA) is 52.1 Å². The van der Waals surface area contributed by atoms with Gasteiger partial charge in [-0.05, 0) is 24.3 Å². The van der Waals surface area contributed by atoms with E-state index in [9.17, 15) is 4.79 Å². The molecule has 2 aromatic rings. The summed E-state index contributed by atoms with van der Waals surface area (Å²) in [7, 11) is 0. The SMILES string of the molecule is CC1CC(=O)OC1(c1ccccn1)c1ccccn1.